The molecule has 0 spiro atoms. The average Bonchev–Trinajstić information content (AvgIpc) is 3.91. The number of furan rings is 2. The Bertz CT molecular complexity index is 3380. The van der Waals surface area contributed by atoms with Crippen LogP contribution in [0, 0.1) is 0 Å². The summed E-state index contributed by atoms with van der Waals surface area (Å²) in [6, 6.07) is 39.8. The zero-order valence-electron chi connectivity index (χ0n) is 31.7. The number of hydrogen-bond donors (Lipinski definition) is 0. The fourth-order valence-electron chi connectivity index (χ4n) is 7.25. The molecular formula is C45H26N4O2. The van der Waals surface area contributed by atoms with Gasteiger partial charge in [0.1, 0.15) is 16.7 Å². The fraction of sp³-hybridized carbons (Fsp3) is 0. The van der Waals surface area contributed by atoms with Gasteiger partial charge in [-0.25, -0.2) is 15.0 Å². The highest BCUT2D eigenvalue weighted by Crippen LogP contribution is 2.39. The average molecular weight is 660 g/mol. The minimum absolute atomic E-state index is 0.0509. The summed E-state index contributed by atoms with van der Waals surface area (Å²) in [4.78, 5) is 14.4. The lowest BCUT2D eigenvalue weighted by atomic mass is 10.1. The van der Waals surface area contributed by atoms with Crippen molar-refractivity contribution >= 4 is 65.7 Å². The summed E-state index contributed by atoms with van der Waals surface area (Å²) in [6.07, 6.45) is 0. The van der Waals surface area contributed by atoms with Gasteiger partial charge in [0.2, 0.25) is 0 Å². The van der Waals surface area contributed by atoms with Crippen LogP contribution in [0.1, 0.15) is 6.85 Å². The Labute approximate surface area is 297 Å². The van der Waals surface area contributed by atoms with E-state index >= 15 is 0 Å². The topological polar surface area (TPSA) is 69.9 Å². The quantitative estimate of drug-likeness (QED) is 0.188. The number of para-hydroxylation sites is 4. The van der Waals surface area contributed by atoms with E-state index in [1.165, 1.54) is 0 Å². The monoisotopic (exact) mass is 659 g/mol. The smallest absolute Gasteiger partial charge is 0.164 e. The maximum Gasteiger partial charge on any atom is 0.164 e. The molecule has 0 atom stereocenters. The van der Waals surface area contributed by atoms with Crippen molar-refractivity contribution in [3.05, 3.63) is 158 Å². The molecule has 0 aliphatic carbocycles. The second-order valence-corrected chi connectivity index (χ2v) is 12.5. The van der Waals surface area contributed by atoms with E-state index in [-0.39, 0.29) is 23.0 Å². The normalized spacial score (nSPS) is 13.3. The van der Waals surface area contributed by atoms with Crippen LogP contribution in [0.5, 0.6) is 0 Å². The first-order valence-corrected chi connectivity index (χ1v) is 16.5. The highest BCUT2D eigenvalue weighted by atomic mass is 16.3. The van der Waals surface area contributed by atoms with Crippen molar-refractivity contribution in [1.82, 2.24) is 19.5 Å². The van der Waals surface area contributed by atoms with Gasteiger partial charge in [0, 0.05) is 49.0 Å². The van der Waals surface area contributed by atoms with Crippen molar-refractivity contribution in [2.45, 2.75) is 0 Å². The van der Waals surface area contributed by atoms with Crippen molar-refractivity contribution in [2.75, 3.05) is 0 Å². The molecule has 51 heavy (non-hydrogen) atoms. The molecule has 4 aromatic heterocycles. The highest BCUT2D eigenvalue weighted by Gasteiger charge is 2.19. The summed E-state index contributed by atoms with van der Waals surface area (Å²) in [5, 5.41) is 6.06. The Morgan fingerprint density at radius 1 is 0.431 bits per heavy atom. The molecular weight excluding hydrogens is 629 g/mol. The molecule has 238 valence electrons. The summed E-state index contributed by atoms with van der Waals surface area (Å²) in [5.74, 6) is 0.439. The van der Waals surface area contributed by atoms with Crippen LogP contribution in [-0.2, 0) is 0 Å². The third kappa shape index (κ3) is 4.26. The molecule has 0 amide bonds. The molecule has 0 bridgehead atoms. The van der Waals surface area contributed by atoms with E-state index in [4.69, 9.17) is 30.6 Å². The largest absolute Gasteiger partial charge is 0.456 e. The SMILES string of the molecule is [2H]c1c([2H])c([2H])c(-c2nc(-c3ccc4c(c3)oc3ccccc34)nc(-c3ccc4c(c3)oc3c(-n5c6ccccc6c6ccccc65)cccc34)n2)c([2H])c1[2H]. The molecule has 0 saturated heterocycles. The molecule has 4 heterocycles. The van der Waals surface area contributed by atoms with Crippen LogP contribution in [-0.4, -0.2) is 19.5 Å². The molecule has 0 aliphatic heterocycles. The molecule has 0 aliphatic rings. The lowest BCUT2D eigenvalue weighted by molar-refractivity contribution is 0.666. The third-order valence-electron chi connectivity index (χ3n) is 9.55. The molecule has 6 nitrogen and oxygen atoms in total. The van der Waals surface area contributed by atoms with E-state index in [0.717, 1.165) is 60.2 Å². The van der Waals surface area contributed by atoms with Gasteiger partial charge in [-0.05, 0) is 48.5 Å². The minimum atomic E-state index is -0.496. The zero-order chi connectivity index (χ0) is 37.8. The Kier molecular flexibility index (Phi) is 4.91. The molecule has 0 radical (unpaired) electrons. The van der Waals surface area contributed by atoms with Crippen LogP contribution in [0.3, 0.4) is 0 Å². The van der Waals surface area contributed by atoms with Gasteiger partial charge in [0.15, 0.2) is 23.1 Å². The molecule has 0 fully saturated rings. The second kappa shape index (κ2) is 10.7. The highest BCUT2D eigenvalue weighted by molar-refractivity contribution is 6.13. The number of fused-ring (bicyclic) bond motifs is 9. The van der Waals surface area contributed by atoms with E-state index < -0.39 is 30.2 Å². The second-order valence-electron chi connectivity index (χ2n) is 12.5. The van der Waals surface area contributed by atoms with Crippen molar-refractivity contribution < 1.29 is 15.7 Å². The van der Waals surface area contributed by atoms with Gasteiger partial charge in [0.05, 0.1) is 23.6 Å². The lowest BCUT2D eigenvalue weighted by Gasteiger charge is -2.08. The van der Waals surface area contributed by atoms with Gasteiger partial charge < -0.3 is 13.4 Å². The first-order chi connectivity index (χ1) is 27.3. The number of hydrogen-bond acceptors (Lipinski definition) is 5. The maximum absolute atomic E-state index is 8.74. The minimum Gasteiger partial charge on any atom is -0.456 e. The molecule has 0 saturated carbocycles. The predicted molar refractivity (Wildman–Crippen MR) is 205 cm³/mol. The summed E-state index contributed by atoms with van der Waals surface area (Å²) in [5.41, 5.74) is 6.85. The maximum atomic E-state index is 8.74. The first-order valence-electron chi connectivity index (χ1n) is 19.0. The molecule has 0 unspecified atom stereocenters. The van der Waals surface area contributed by atoms with Gasteiger partial charge in [-0.15, -0.1) is 0 Å². The van der Waals surface area contributed by atoms with Crippen LogP contribution in [0.4, 0.5) is 0 Å². The van der Waals surface area contributed by atoms with Crippen molar-refractivity contribution in [2.24, 2.45) is 0 Å². The summed E-state index contributed by atoms with van der Waals surface area (Å²) >= 11 is 0. The van der Waals surface area contributed by atoms with Crippen molar-refractivity contribution in [3.8, 4) is 39.9 Å². The van der Waals surface area contributed by atoms with Gasteiger partial charge in [-0.2, -0.15) is 0 Å². The van der Waals surface area contributed by atoms with E-state index in [1.807, 2.05) is 84.9 Å². The fourth-order valence-corrected chi connectivity index (χ4v) is 7.25. The standard InChI is InChI=1S/C45H26N4O2/c1-2-11-27(12-3-1)43-46-44(28-21-23-33-32-15-6-9-20-39(32)50-40(33)25-28)48-45(47-43)29-22-24-34-35-16-10-19-38(42(35)51-41(34)26-29)49-36-17-7-4-13-30(36)31-14-5-8-18-37(31)49/h1-26H/i1D,2D,3D,11D,12D. The van der Waals surface area contributed by atoms with Crippen LogP contribution in [0.2, 0.25) is 0 Å². The Morgan fingerprint density at radius 2 is 0.961 bits per heavy atom. The van der Waals surface area contributed by atoms with E-state index in [0.29, 0.717) is 22.3 Å². The van der Waals surface area contributed by atoms with E-state index in [9.17, 15) is 0 Å². The zero-order valence-corrected chi connectivity index (χ0v) is 26.7. The number of nitrogens with zero attached hydrogens (tertiary/aromatic N) is 4. The molecule has 0 N–H and O–H groups in total. The number of aromatic nitrogens is 4. The molecule has 6 heteroatoms. The third-order valence-corrected chi connectivity index (χ3v) is 9.55. The first kappa shape index (κ1) is 23.3. The molecule has 11 aromatic rings. The van der Waals surface area contributed by atoms with Gasteiger partial charge in [0.25, 0.3) is 0 Å². The van der Waals surface area contributed by atoms with Gasteiger partial charge in [-0.1, -0.05) is 109 Å². The van der Waals surface area contributed by atoms with E-state index in [1.54, 1.807) is 0 Å². The number of benzene rings is 7. The number of rotatable bonds is 4. The summed E-state index contributed by atoms with van der Waals surface area (Å²) in [6.45, 7) is 0. The lowest BCUT2D eigenvalue weighted by Crippen LogP contribution is -2.00. The van der Waals surface area contributed by atoms with Crippen LogP contribution in [0.15, 0.2) is 166 Å². The van der Waals surface area contributed by atoms with Crippen LogP contribution < -0.4 is 0 Å². The van der Waals surface area contributed by atoms with Crippen molar-refractivity contribution in [3.63, 3.8) is 0 Å². The Balaban J connectivity index is 1.12. The van der Waals surface area contributed by atoms with Crippen molar-refractivity contribution in [1.29, 1.82) is 0 Å². The van der Waals surface area contributed by atoms with E-state index in [2.05, 4.69) is 47.0 Å². The Morgan fingerprint density at radius 3 is 1.65 bits per heavy atom. The molecule has 7 aromatic carbocycles. The van der Waals surface area contributed by atoms with Crippen LogP contribution in [0.25, 0.3) is 106 Å². The van der Waals surface area contributed by atoms with Gasteiger partial charge >= 0.3 is 0 Å². The van der Waals surface area contributed by atoms with Gasteiger partial charge in [-0.3, -0.25) is 0 Å². The Hall–Kier alpha value is -7.05. The molecule has 11 rings (SSSR count). The summed E-state index contributed by atoms with van der Waals surface area (Å²) < 4.78 is 57.5. The predicted octanol–water partition coefficient (Wildman–Crippen LogP) is 11.8. The summed E-state index contributed by atoms with van der Waals surface area (Å²) in [7, 11) is 0. The van der Waals surface area contributed by atoms with Crippen LogP contribution >= 0.6 is 0 Å².